The summed E-state index contributed by atoms with van der Waals surface area (Å²) in [6.45, 7) is 0. The number of hydrogen-bond donors (Lipinski definition) is 0. The van der Waals surface area contributed by atoms with Crippen LogP contribution in [0, 0.1) is 11.8 Å². The van der Waals surface area contributed by atoms with Crippen LogP contribution >= 0.6 is 11.8 Å². The van der Waals surface area contributed by atoms with Crippen molar-refractivity contribution in [2.75, 3.05) is 0 Å². The van der Waals surface area contributed by atoms with Gasteiger partial charge in [-0.1, -0.05) is 200 Å². The van der Waals surface area contributed by atoms with Crippen molar-refractivity contribution < 1.29 is 0 Å². The van der Waals surface area contributed by atoms with Crippen molar-refractivity contribution in [1.29, 1.82) is 0 Å². The van der Waals surface area contributed by atoms with Gasteiger partial charge in [0, 0.05) is 51.1 Å². The zero-order chi connectivity index (χ0) is 39.6. The Bertz CT molecular complexity index is 3020. The first-order chi connectivity index (χ1) is 29.8. The summed E-state index contributed by atoms with van der Waals surface area (Å²) in [5, 5.41) is 0. The summed E-state index contributed by atoms with van der Waals surface area (Å²) in [6, 6.07) is 51.0. The van der Waals surface area contributed by atoms with Crippen LogP contribution in [0.2, 0.25) is 0 Å². The molecule has 3 heterocycles. The average Bonchev–Trinajstić information content (AvgIpc) is 3.62. The minimum absolute atomic E-state index is 0.102. The molecule has 0 amide bonds. The number of hydrogen-bond acceptors (Lipinski definition) is 5. The van der Waals surface area contributed by atoms with E-state index in [4.69, 9.17) is 19.9 Å². The lowest BCUT2D eigenvalue weighted by Gasteiger charge is -2.41. The molecule has 5 heteroatoms. The van der Waals surface area contributed by atoms with Gasteiger partial charge >= 0.3 is 0 Å². The van der Waals surface area contributed by atoms with Crippen molar-refractivity contribution in [2.24, 2.45) is 16.8 Å². The number of aromatic nitrogens is 3. The minimum Gasteiger partial charge on any atom is -0.268 e. The summed E-state index contributed by atoms with van der Waals surface area (Å²) >= 11 is 1.91. The molecule has 0 saturated carbocycles. The highest BCUT2D eigenvalue weighted by Crippen LogP contribution is 2.64. The van der Waals surface area contributed by atoms with Gasteiger partial charge in [0.1, 0.15) is 5.82 Å². The summed E-state index contributed by atoms with van der Waals surface area (Å²) in [4.78, 5) is 22.5. The summed E-state index contributed by atoms with van der Waals surface area (Å²) < 4.78 is 0. The third-order valence-electron chi connectivity index (χ3n) is 12.8. The second-order valence-corrected chi connectivity index (χ2v) is 17.0. The Morgan fingerprint density at radius 1 is 0.483 bits per heavy atom. The molecule has 0 saturated heterocycles. The summed E-state index contributed by atoms with van der Waals surface area (Å²) in [7, 11) is 0. The molecule has 0 bridgehead atoms. The van der Waals surface area contributed by atoms with Gasteiger partial charge in [0.25, 0.3) is 0 Å². The Labute approximate surface area is 354 Å². The van der Waals surface area contributed by atoms with E-state index < -0.39 is 5.41 Å². The van der Waals surface area contributed by atoms with Gasteiger partial charge in [-0.15, -0.1) is 0 Å². The van der Waals surface area contributed by atoms with E-state index in [9.17, 15) is 0 Å². The van der Waals surface area contributed by atoms with Crippen molar-refractivity contribution in [3.63, 3.8) is 0 Å². The quantitative estimate of drug-likeness (QED) is 0.174. The van der Waals surface area contributed by atoms with Gasteiger partial charge in [-0.3, -0.25) is 4.99 Å². The molecular formula is C55H38N4S. The Balaban J connectivity index is 1.04. The molecule has 284 valence electrons. The smallest absolute Gasteiger partial charge is 0.163 e. The van der Waals surface area contributed by atoms with Crippen molar-refractivity contribution in [2.45, 2.75) is 27.5 Å². The van der Waals surface area contributed by atoms with Crippen LogP contribution in [0.15, 0.2) is 209 Å². The van der Waals surface area contributed by atoms with E-state index in [0.29, 0.717) is 11.6 Å². The van der Waals surface area contributed by atoms with E-state index >= 15 is 0 Å². The van der Waals surface area contributed by atoms with E-state index in [0.717, 1.165) is 28.9 Å². The van der Waals surface area contributed by atoms with E-state index in [1.54, 1.807) is 0 Å². The molecule has 7 aromatic rings. The molecular weight excluding hydrogens is 749 g/mol. The first kappa shape index (κ1) is 35.0. The van der Waals surface area contributed by atoms with Gasteiger partial charge in [-0.2, -0.15) is 0 Å². The van der Waals surface area contributed by atoms with Crippen LogP contribution in [0.3, 0.4) is 0 Å². The molecule has 5 aliphatic rings. The van der Waals surface area contributed by atoms with Gasteiger partial charge in [-0.25, -0.2) is 15.0 Å². The van der Waals surface area contributed by atoms with E-state index in [1.807, 2.05) is 30.0 Å². The number of nitrogens with zero attached hydrogens (tertiary/aromatic N) is 4. The maximum absolute atomic E-state index is 5.09. The molecule has 1 spiro atoms. The second-order valence-electron chi connectivity index (χ2n) is 16.0. The maximum Gasteiger partial charge on any atom is 0.163 e. The Kier molecular flexibility index (Phi) is 8.24. The van der Waals surface area contributed by atoms with Crippen molar-refractivity contribution >= 4 is 23.5 Å². The molecule has 4 nitrogen and oxygen atoms in total. The molecule has 0 fully saturated rings. The summed E-state index contributed by atoms with van der Waals surface area (Å²) in [5.74, 6) is 2.74. The second kappa shape index (κ2) is 14.1. The highest BCUT2D eigenvalue weighted by atomic mass is 32.2. The maximum atomic E-state index is 5.09. The Hall–Kier alpha value is -6.95. The number of allylic oxidation sites excluding steroid dienone is 9. The van der Waals surface area contributed by atoms with Crippen LogP contribution in [-0.4, -0.2) is 21.2 Å². The number of rotatable bonds is 5. The predicted octanol–water partition coefficient (Wildman–Crippen LogP) is 13.1. The molecule has 1 aromatic heterocycles. The van der Waals surface area contributed by atoms with Crippen LogP contribution < -0.4 is 0 Å². The summed E-state index contributed by atoms with van der Waals surface area (Å²) in [5.41, 5.74) is 14.2. The standard InChI is InChI=1S/C55H38N4S/c1-3-15-36(16-4-1)52-57-53(37-17-5-2-6-18-37)59-54(58-52)38-31-29-35(30-32-38)41-23-13-27-48-50(41)60-51-44(45-34-56-33-39-19-7-8-20-40(39)45)24-14-28-49(51)55(48)46-25-11-9-21-42(46)43-22-10-12-26-47(43)55/h1-17,19-34,37,39-40H,18H2. The SMILES string of the molecule is C1=CCC(c2nc(-c3ccccc3)nc(-c3ccc(-c4cccc5c4Sc4c(C6=CN=CC7C=CC=CC67)cccc4C54c5ccccc5-c5ccccc54)cc3)n2)C=C1. The molecule has 6 aromatic carbocycles. The molecule has 0 radical (unpaired) electrons. The van der Waals surface area contributed by atoms with Gasteiger partial charge in [-0.05, 0) is 62.1 Å². The predicted molar refractivity (Wildman–Crippen MR) is 245 cm³/mol. The minimum atomic E-state index is -0.507. The van der Waals surface area contributed by atoms with Crippen LogP contribution in [0.25, 0.3) is 50.6 Å². The van der Waals surface area contributed by atoms with Crippen molar-refractivity contribution in [1.82, 2.24) is 15.0 Å². The zero-order valence-electron chi connectivity index (χ0n) is 32.7. The van der Waals surface area contributed by atoms with E-state index in [-0.39, 0.29) is 17.8 Å². The molecule has 60 heavy (non-hydrogen) atoms. The normalized spacial score (nSPS) is 19.6. The molecule has 2 aliphatic heterocycles. The van der Waals surface area contributed by atoms with Crippen LogP contribution in [0.4, 0.5) is 0 Å². The van der Waals surface area contributed by atoms with Crippen molar-refractivity contribution in [3.05, 3.63) is 228 Å². The van der Waals surface area contributed by atoms with Crippen LogP contribution in [0.5, 0.6) is 0 Å². The first-order valence-electron chi connectivity index (χ1n) is 20.7. The molecule has 3 aliphatic carbocycles. The highest BCUT2D eigenvalue weighted by Gasteiger charge is 2.51. The zero-order valence-corrected chi connectivity index (χ0v) is 33.5. The molecule has 3 unspecified atom stereocenters. The van der Waals surface area contributed by atoms with Crippen molar-refractivity contribution in [3.8, 4) is 45.0 Å². The fourth-order valence-corrected chi connectivity index (χ4v) is 11.5. The van der Waals surface area contributed by atoms with E-state index in [1.165, 1.54) is 59.9 Å². The first-order valence-corrected chi connectivity index (χ1v) is 21.6. The van der Waals surface area contributed by atoms with E-state index in [2.05, 4.69) is 182 Å². The number of benzene rings is 6. The highest BCUT2D eigenvalue weighted by molar-refractivity contribution is 7.99. The largest absolute Gasteiger partial charge is 0.268 e. The van der Waals surface area contributed by atoms with Crippen LogP contribution in [-0.2, 0) is 5.41 Å². The molecule has 12 rings (SSSR count). The third-order valence-corrected chi connectivity index (χ3v) is 14.1. The summed E-state index contributed by atoms with van der Waals surface area (Å²) in [6.07, 6.45) is 22.5. The topological polar surface area (TPSA) is 51.0 Å². The lowest BCUT2D eigenvalue weighted by atomic mass is 9.66. The molecule has 3 atom stereocenters. The van der Waals surface area contributed by atoms with Gasteiger partial charge in [0.15, 0.2) is 11.6 Å². The fraction of sp³-hybridized carbons (Fsp3) is 0.0909. The third kappa shape index (κ3) is 5.39. The lowest BCUT2D eigenvalue weighted by Crippen LogP contribution is -2.32. The Morgan fingerprint density at radius 3 is 1.78 bits per heavy atom. The monoisotopic (exact) mass is 786 g/mol. The number of aliphatic imine (C=N–C) groups is 1. The average molecular weight is 787 g/mol. The molecule has 0 N–H and O–H groups in total. The van der Waals surface area contributed by atoms with Gasteiger partial charge < -0.3 is 0 Å². The lowest BCUT2D eigenvalue weighted by molar-refractivity contribution is 0.707. The van der Waals surface area contributed by atoms with Gasteiger partial charge in [0.2, 0.25) is 0 Å². The fourth-order valence-electron chi connectivity index (χ4n) is 10.0. The number of fused-ring (bicyclic) bond motifs is 10. The Morgan fingerprint density at radius 2 is 1.07 bits per heavy atom. The van der Waals surface area contributed by atoms with Gasteiger partial charge in [0.05, 0.1) is 5.41 Å². The van der Waals surface area contributed by atoms with Crippen LogP contribution in [0.1, 0.15) is 46.0 Å².